The van der Waals surface area contributed by atoms with Gasteiger partial charge in [-0.15, -0.1) is 0 Å². The topological polar surface area (TPSA) is 71.2 Å². The van der Waals surface area contributed by atoms with Crippen LogP contribution < -0.4 is 11.1 Å². The van der Waals surface area contributed by atoms with Gasteiger partial charge in [0.15, 0.2) is 0 Å². The molecule has 2 heterocycles. The van der Waals surface area contributed by atoms with Crippen LogP contribution in [0.1, 0.15) is 17.4 Å². The molecule has 90 valence electrons. The number of aryl methyl sites for hydroxylation is 1. The van der Waals surface area contributed by atoms with Crippen molar-refractivity contribution in [2.45, 2.75) is 13.0 Å². The van der Waals surface area contributed by atoms with Crippen LogP contribution in [0.3, 0.4) is 0 Å². The monoisotopic (exact) mass is 249 g/mol. The Balaban J connectivity index is 2.00. The highest BCUT2D eigenvalue weighted by molar-refractivity contribution is 7.07. The van der Waals surface area contributed by atoms with Crippen LogP contribution in [0.2, 0.25) is 0 Å². The van der Waals surface area contributed by atoms with E-state index in [2.05, 4.69) is 10.3 Å². The zero-order chi connectivity index (χ0) is 12.3. The molecule has 2 aromatic rings. The molecule has 1 unspecified atom stereocenters. The molecule has 4 N–H and O–H groups in total. The van der Waals surface area contributed by atoms with Gasteiger partial charge in [-0.25, -0.2) is 4.98 Å². The summed E-state index contributed by atoms with van der Waals surface area (Å²) in [4.78, 5) is 4.28. The zero-order valence-electron chi connectivity index (χ0n) is 9.55. The Morgan fingerprint density at radius 3 is 3.00 bits per heavy atom. The number of aliphatic hydroxyl groups is 1. The van der Waals surface area contributed by atoms with Crippen LogP contribution in [0.25, 0.3) is 0 Å². The van der Waals surface area contributed by atoms with Crippen molar-refractivity contribution in [2.75, 3.05) is 17.6 Å². The SMILES string of the molecule is Cc1ccc(N)c(NCC(O)c2ccsc2)n1. The largest absolute Gasteiger partial charge is 0.396 e. The van der Waals surface area contributed by atoms with Crippen LogP contribution >= 0.6 is 11.3 Å². The first-order valence-electron chi connectivity index (χ1n) is 5.34. The maximum atomic E-state index is 9.91. The third kappa shape index (κ3) is 2.95. The number of aromatic nitrogens is 1. The highest BCUT2D eigenvalue weighted by atomic mass is 32.1. The number of thiophene rings is 1. The van der Waals surface area contributed by atoms with Gasteiger partial charge in [-0.1, -0.05) is 0 Å². The van der Waals surface area contributed by atoms with Gasteiger partial charge in [0.05, 0.1) is 11.8 Å². The third-order valence-corrected chi connectivity index (χ3v) is 3.16. The quantitative estimate of drug-likeness (QED) is 0.776. The van der Waals surface area contributed by atoms with Crippen LogP contribution in [-0.4, -0.2) is 16.6 Å². The molecule has 0 saturated heterocycles. The summed E-state index contributed by atoms with van der Waals surface area (Å²) in [6.45, 7) is 2.30. The number of pyridine rings is 1. The van der Waals surface area contributed by atoms with Gasteiger partial charge in [0.1, 0.15) is 5.82 Å². The molecule has 0 spiro atoms. The number of nitrogens with one attached hydrogen (secondary N) is 1. The Morgan fingerprint density at radius 1 is 1.47 bits per heavy atom. The van der Waals surface area contributed by atoms with Gasteiger partial charge < -0.3 is 16.2 Å². The van der Waals surface area contributed by atoms with Gasteiger partial charge in [0.2, 0.25) is 0 Å². The first-order chi connectivity index (χ1) is 8.16. The smallest absolute Gasteiger partial charge is 0.149 e. The van der Waals surface area contributed by atoms with E-state index in [1.807, 2.05) is 35.9 Å². The average molecular weight is 249 g/mol. The first-order valence-corrected chi connectivity index (χ1v) is 6.28. The first kappa shape index (κ1) is 11.9. The Kier molecular flexibility index (Phi) is 3.61. The summed E-state index contributed by atoms with van der Waals surface area (Å²) in [6, 6.07) is 5.57. The van der Waals surface area contributed by atoms with Crippen LogP contribution in [0.5, 0.6) is 0 Å². The standard InChI is InChI=1S/C12H15N3OS/c1-8-2-3-10(13)12(15-8)14-6-11(16)9-4-5-17-7-9/h2-5,7,11,16H,6,13H2,1H3,(H,14,15). The van der Waals surface area contributed by atoms with Crippen LogP contribution in [-0.2, 0) is 0 Å². The van der Waals surface area contributed by atoms with Crippen molar-refractivity contribution in [1.82, 2.24) is 4.98 Å². The lowest BCUT2D eigenvalue weighted by Crippen LogP contribution is -2.13. The molecule has 0 aliphatic heterocycles. The second-order valence-electron chi connectivity index (χ2n) is 3.84. The molecule has 0 bridgehead atoms. The van der Waals surface area contributed by atoms with Crippen molar-refractivity contribution in [3.05, 3.63) is 40.2 Å². The summed E-state index contributed by atoms with van der Waals surface area (Å²) in [5.74, 6) is 0.624. The van der Waals surface area contributed by atoms with Gasteiger partial charge in [0.25, 0.3) is 0 Å². The molecule has 1 atom stereocenters. The highest BCUT2D eigenvalue weighted by Crippen LogP contribution is 2.19. The van der Waals surface area contributed by atoms with Crippen molar-refractivity contribution in [1.29, 1.82) is 0 Å². The van der Waals surface area contributed by atoms with Gasteiger partial charge >= 0.3 is 0 Å². The summed E-state index contributed by atoms with van der Waals surface area (Å²) in [7, 11) is 0. The fourth-order valence-electron chi connectivity index (χ4n) is 1.48. The van der Waals surface area contributed by atoms with Crippen molar-refractivity contribution in [3.63, 3.8) is 0 Å². The number of hydrogen-bond acceptors (Lipinski definition) is 5. The van der Waals surface area contributed by atoms with Crippen molar-refractivity contribution >= 4 is 22.8 Å². The molecule has 0 aliphatic rings. The van der Waals surface area contributed by atoms with Gasteiger partial charge in [-0.3, -0.25) is 0 Å². The molecular weight excluding hydrogens is 234 g/mol. The Morgan fingerprint density at radius 2 is 2.29 bits per heavy atom. The molecule has 0 aliphatic carbocycles. The summed E-state index contributed by atoms with van der Waals surface area (Å²) < 4.78 is 0. The van der Waals surface area contributed by atoms with Gasteiger partial charge in [0, 0.05) is 12.2 Å². The fourth-order valence-corrected chi connectivity index (χ4v) is 2.19. The zero-order valence-corrected chi connectivity index (χ0v) is 10.4. The molecular formula is C12H15N3OS. The lowest BCUT2D eigenvalue weighted by molar-refractivity contribution is 0.192. The van der Waals surface area contributed by atoms with E-state index in [0.717, 1.165) is 11.3 Å². The van der Waals surface area contributed by atoms with Crippen LogP contribution in [0.15, 0.2) is 29.0 Å². The molecule has 2 rings (SSSR count). The maximum absolute atomic E-state index is 9.91. The summed E-state index contributed by atoms with van der Waals surface area (Å²) in [5.41, 5.74) is 8.19. The minimum Gasteiger partial charge on any atom is -0.396 e. The molecule has 5 heteroatoms. The molecule has 0 fully saturated rings. The average Bonchev–Trinajstić information content (AvgIpc) is 2.83. The summed E-state index contributed by atoms with van der Waals surface area (Å²) in [5, 5.41) is 16.8. The lowest BCUT2D eigenvalue weighted by atomic mass is 10.2. The van der Waals surface area contributed by atoms with Crippen LogP contribution in [0, 0.1) is 6.92 Å². The van der Waals surface area contributed by atoms with Gasteiger partial charge in [-0.05, 0) is 41.4 Å². The second-order valence-corrected chi connectivity index (χ2v) is 4.62. The number of hydrogen-bond donors (Lipinski definition) is 3. The molecule has 17 heavy (non-hydrogen) atoms. The minimum atomic E-state index is -0.539. The highest BCUT2D eigenvalue weighted by Gasteiger charge is 2.09. The summed E-state index contributed by atoms with van der Waals surface area (Å²) in [6.07, 6.45) is -0.539. The lowest BCUT2D eigenvalue weighted by Gasteiger charge is -2.12. The molecule has 4 nitrogen and oxygen atoms in total. The molecule has 0 radical (unpaired) electrons. The second kappa shape index (κ2) is 5.16. The number of anilines is 2. The van der Waals surface area contributed by atoms with Crippen molar-refractivity contribution in [2.24, 2.45) is 0 Å². The molecule has 0 saturated carbocycles. The van der Waals surface area contributed by atoms with E-state index in [4.69, 9.17) is 5.73 Å². The van der Waals surface area contributed by atoms with E-state index >= 15 is 0 Å². The predicted octanol–water partition coefficient (Wildman–Crippen LogP) is 2.18. The van der Waals surface area contributed by atoms with Gasteiger partial charge in [-0.2, -0.15) is 11.3 Å². The molecule has 0 amide bonds. The normalized spacial score (nSPS) is 12.4. The number of rotatable bonds is 4. The third-order valence-electron chi connectivity index (χ3n) is 2.46. The van der Waals surface area contributed by atoms with Crippen molar-refractivity contribution in [3.8, 4) is 0 Å². The summed E-state index contributed by atoms with van der Waals surface area (Å²) >= 11 is 1.57. The van der Waals surface area contributed by atoms with Crippen LogP contribution in [0.4, 0.5) is 11.5 Å². The molecule has 0 aromatic carbocycles. The van der Waals surface area contributed by atoms with E-state index < -0.39 is 6.10 Å². The minimum absolute atomic E-state index is 0.400. The maximum Gasteiger partial charge on any atom is 0.149 e. The van der Waals surface area contributed by atoms with Crippen molar-refractivity contribution < 1.29 is 5.11 Å². The Hall–Kier alpha value is -1.59. The number of nitrogen functional groups attached to an aromatic ring is 1. The van der Waals surface area contributed by atoms with E-state index in [0.29, 0.717) is 18.1 Å². The number of aliphatic hydroxyl groups excluding tert-OH is 1. The van der Waals surface area contributed by atoms with E-state index in [1.165, 1.54) is 0 Å². The fraction of sp³-hybridized carbons (Fsp3) is 0.250. The van der Waals surface area contributed by atoms with E-state index in [-0.39, 0.29) is 0 Å². The van der Waals surface area contributed by atoms with E-state index in [1.54, 1.807) is 11.3 Å². The Labute approximate surface area is 104 Å². The van der Waals surface area contributed by atoms with E-state index in [9.17, 15) is 5.11 Å². The predicted molar refractivity (Wildman–Crippen MR) is 71.2 cm³/mol. The molecule has 2 aromatic heterocycles. The Bertz CT molecular complexity index is 485. The number of nitrogens with two attached hydrogens (primary N) is 1. The number of nitrogens with zero attached hydrogens (tertiary/aromatic N) is 1.